The molecule has 1 saturated heterocycles. The summed E-state index contributed by atoms with van der Waals surface area (Å²) in [6.45, 7) is 3.84. The van der Waals surface area contributed by atoms with Crippen LogP contribution in [-0.2, 0) is 22.5 Å². The number of fused-ring (bicyclic) bond motifs is 2. The van der Waals surface area contributed by atoms with Crippen molar-refractivity contribution in [3.8, 4) is 5.75 Å². The first-order chi connectivity index (χ1) is 14.7. The number of likely N-dealkylation sites (N-methyl/N-ethyl adjacent to an activating group) is 1. The molecule has 1 aromatic carbocycles. The lowest BCUT2D eigenvalue weighted by molar-refractivity contribution is -0.125. The Balaban J connectivity index is 1.33. The van der Waals surface area contributed by atoms with Gasteiger partial charge in [0.25, 0.3) is 5.91 Å². The highest BCUT2D eigenvalue weighted by Crippen LogP contribution is 2.34. The van der Waals surface area contributed by atoms with Crippen LogP contribution in [0.25, 0.3) is 0 Å². The number of aromatic nitrogens is 1. The minimum Gasteiger partial charge on any atom is -0.492 e. The van der Waals surface area contributed by atoms with E-state index in [1.54, 1.807) is 0 Å². The molecule has 2 atom stereocenters. The van der Waals surface area contributed by atoms with Crippen molar-refractivity contribution in [2.75, 3.05) is 44.9 Å². The molecule has 0 radical (unpaired) electrons. The van der Waals surface area contributed by atoms with Gasteiger partial charge in [0.15, 0.2) is 0 Å². The van der Waals surface area contributed by atoms with Crippen molar-refractivity contribution in [3.63, 3.8) is 0 Å². The third-order valence-electron chi connectivity index (χ3n) is 6.36. The number of hydrogen-bond donors (Lipinski definition) is 1. The topological polar surface area (TPSA) is 66.9 Å². The van der Waals surface area contributed by atoms with Crippen molar-refractivity contribution in [3.05, 3.63) is 53.3 Å². The Morgan fingerprint density at radius 3 is 3.10 bits per heavy atom. The molecule has 2 aromatic rings. The Morgan fingerprint density at radius 1 is 1.27 bits per heavy atom. The summed E-state index contributed by atoms with van der Waals surface area (Å²) in [5.74, 6) is 0.947. The zero-order valence-electron chi connectivity index (χ0n) is 17.3. The summed E-state index contributed by atoms with van der Waals surface area (Å²) in [6.07, 6.45) is 3.69. The van der Waals surface area contributed by atoms with Gasteiger partial charge in [-0.3, -0.25) is 14.7 Å². The molecule has 3 aliphatic rings. The number of hydrogen-bond acceptors (Lipinski definition) is 6. The highest BCUT2D eigenvalue weighted by molar-refractivity contribution is 5.95. The van der Waals surface area contributed by atoms with Crippen LogP contribution in [0, 0.1) is 0 Å². The number of carbonyl (C=O) groups excluding carboxylic acids is 1. The van der Waals surface area contributed by atoms with Crippen molar-refractivity contribution < 1.29 is 14.3 Å². The van der Waals surface area contributed by atoms with Crippen LogP contribution in [0.3, 0.4) is 0 Å². The number of anilines is 1. The maximum atomic E-state index is 12.4. The molecule has 0 bridgehead atoms. The normalized spacial score (nSPS) is 23.7. The largest absolute Gasteiger partial charge is 0.492 e. The van der Waals surface area contributed by atoms with E-state index in [1.807, 2.05) is 23.2 Å². The van der Waals surface area contributed by atoms with Crippen LogP contribution in [0.15, 0.2) is 36.5 Å². The molecule has 0 saturated carbocycles. The Morgan fingerprint density at radius 2 is 2.20 bits per heavy atom. The summed E-state index contributed by atoms with van der Waals surface area (Å²) in [7, 11) is 2.17. The van der Waals surface area contributed by atoms with Crippen molar-refractivity contribution in [2.24, 2.45) is 0 Å². The maximum Gasteiger partial charge on any atom is 0.253 e. The monoisotopic (exact) mass is 408 g/mol. The third-order valence-corrected chi connectivity index (χ3v) is 6.36. The Bertz CT molecular complexity index is 934. The average molecular weight is 409 g/mol. The van der Waals surface area contributed by atoms with E-state index in [0.717, 1.165) is 49.7 Å². The molecule has 1 aromatic heterocycles. The zero-order chi connectivity index (χ0) is 20.5. The second-order valence-corrected chi connectivity index (χ2v) is 8.27. The predicted octanol–water partition coefficient (Wildman–Crippen LogP) is 1.91. The van der Waals surface area contributed by atoms with Crippen molar-refractivity contribution in [1.82, 2.24) is 15.2 Å². The van der Waals surface area contributed by atoms with Gasteiger partial charge >= 0.3 is 0 Å². The molecule has 0 unspecified atom stereocenters. The van der Waals surface area contributed by atoms with Crippen molar-refractivity contribution >= 4 is 11.6 Å². The van der Waals surface area contributed by atoms with Crippen LogP contribution in [0.2, 0.25) is 0 Å². The van der Waals surface area contributed by atoms with E-state index < -0.39 is 0 Å². The van der Waals surface area contributed by atoms with Crippen LogP contribution < -0.4 is 15.0 Å². The van der Waals surface area contributed by atoms with E-state index >= 15 is 0 Å². The zero-order valence-corrected chi connectivity index (χ0v) is 17.3. The van der Waals surface area contributed by atoms with Crippen LogP contribution in [-0.4, -0.2) is 61.8 Å². The molecule has 0 spiro atoms. The molecule has 1 amide bonds. The van der Waals surface area contributed by atoms with Gasteiger partial charge in [0.05, 0.1) is 24.9 Å². The second kappa shape index (κ2) is 8.34. The summed E-state index contributed by atoms with van der Waals surface area (Å²) in [4.78, 5) is 21.3. The standard InChI is InChI=1S/C23H28N4O3/c1-26(20-7-10-30-21-6-3-8-24-23(20)21)14-17-12-18-16(13-25-17)4-2-5-19(18)27-9-11-29-15-22(27)28/h2-6,8,17,20,25H,7,9-15H2,1H3/t17-,20+/m1/s1. The van der Waals surface area contributed by atoms with Crippen LogP contribution >= 0.6 is 0 Å². The number of ether oxygens (including phenoxy) is 2. The summed E-state index contributed by atoms with van der Waals surface area (Å²) in [6, 6.07) is 10.8. The summed E-state index contributed by atoms with van der Waals surface area (Å²) in [5, 5.41) is 3.69. The van der Waals surface area contributed by atoms with Gasteiger partial charge in [-0.1, -0.05) is 12.1 Å². The Labute approximate surface area is 177 Å². The molecular formula is C23H28N4O3. The first kappa shape index (κ1) is 19.5. The van der Waals surface area contributed by atoms with Crippen molar-refractivity contribution in [1.29, 1.82) is 0 Å². The number of morpholine rings is 1. The maximum absolute atomic E-state index is 12.4. The quantitative estimate of drug-likeness (QED) is 0.834. The molecule has 1 N–H and O–H groups in total. The fourth-order valence-electron chi connectivity index (χ4n) is 4.85. The van der Waals surface area contributed by atoms with Gasteiger partial charge in [-0.05, 0) is 42.8 Å². The first-order valence-electron chi connectivity index (χ1n) is 10.7. The van der Waals surface area contributed by atoms with E-state index in [9.17, 15) is 4.79 Å². The predicted molar refractivity (Wildman–Crippen MR) is 114 cm³/mol. The number of amides is 1. The van der Waals surface area contributed by atoms with E-state index in [4.69, 9.17) is 9.47 Å². The third kappa shape index (κ3) is 3.69. The number of rotatable bonds is 4. The lowest BCUT2D eigenvalue weighted by atomic mass is 9.92. The minimum absolute atomic E-state index is 0.0479. The molecular weight excluding hydrogens is 380 g/mol. The molecule has 158 valence electrons. The number of pyridine rings is 1. The smallest absolute Gasteiger partial charge is 0.253 e. The highest BCUT2D eigenvalue weighted by atomic mass is 16.5. The number of benzene rings is 1. The molecule has 7 nitrogen and oxygen atoms in total. The molecule has 0 aliphatic carbocycles. The lowest BCUT2D eigenvalue weighted by Crippen LogP contribution is -2.47. The van der Waals surface area contributed by atoms with Crippen LogP contribution in [0.5, 0.6) is 5.75 Å². The van der Waals surface area contributed by atoms with Gasteiger partial charge < -0.3 is 19.7 Å². The van der Waals surface area contributed by atoms with Gasteiger partial charge in [-0.2, -0.15) is 0 Å². The van der Waals surface area contributed by atoms with Gasteiger partial charge in [0, 0.05) is 44.0 Å². The molecule has 7 heteroatoms. The van der Waals surface area contributed by atoms with Gasteiger partial charge in [-0.25, -0.2) is 0 Å². The molecule has 3 aliphatic heterocycles. The second-order valence-electron chi connectivity index (χ2n) is 8.27. The van der Waals surface area contributed by atoms with Gasteiger partial charge in [-0.15, -0.1) is 0 Å². The molecule has 4 heterocycles. The average Bonchev–Trinajstić information content (AvgIpc) is 2.79. The number of nitrogens with zero attached hydrogens (tertiary/aromatic N) is 3. The fraction of sp³-hybridized carbons (Fsp3) is 0.478. The summed E-state index contributed by atoms with van der Waals surface area (Å²) in [5.41, 5.74) is 4.65. The Hall–Kier alpha value is -2.48. The summed E-state index contributed by atoms with van der Waals surface area (Å²) < 4.78 is 11.1. The minimum atomic E-state index is 0.0479. The number of nitrogens with one attached hydrogen (secondary N) is 1. The highest BCUT2D eigenvalue weighted by Gasteiger charge is 2.31. The number of carbonyl (C=O) groups is 1. The van der Waals surface area contributed by atoms with E-state index in [0.29, 0.717) is 19.2 Å². The van der Waals surface area contributed by atoms with Gasteiger partial charge in [0.1, 0.15) is 12.4 Å². The van der Waals surface area contributed by atoms with E-state index in [-0.39, 0.29) is 18.6 Å². The summed E-state index contributed by atoms with van der Waals surface area (Å²) >= 11 is 0. The first-order valence-corrected chi connectivity index (χ1v) is 10.7. The van der Waals surface area contributed by atoms with Crippen molar-refractivity contribution in [2.45, 2.75) is 31.5 Å². The van der Waals surface area contributed by atoms with Crippen LogP contribution in [0.4, 0.5) is 5.69 Å². The Kier molecular flexibility index (Phi) is 5.41. The fourth-order valence-corrected chi connectivity index (χ4v) is 4.85. The van der Waals surface area contributed by atoms with E-state index in [1.165, 1.54) is 11.1 Å². The lowest BCUT2D eigenvalue weighted by Gasteiger charge is -2.37. The van der Waals surface area contributed by atoms with Crippen LogP contribution in [0.1, 0.15) is 29.3 Å². The molecule has 1 fully saturated rings. The molecule has 30 heavy (non-hydrogen) atoms. The SMILES string of the molecule is CN(C[C@H]1Cc2c(cccc2N2CCOCC2=O)CN1)[C@H]1CCOc2cccnc21. The molecule has 5 rings (SSSR count). The van der Waals surface area contributed by atoms with E-state index in [2.05, 4.69) is 40.4 Å². The van der Waals surface area contributed by atoms with Gasteiger partial charge in [0.2, 0.25) is 0 Å².